The van der Waals surface area contributed by atoms with Crippen molar-refractivity contribution in [3.63, 3.8) is 0 Å². The fourth-order valence-electron chi connectivity index (χ4n) is 8.52. The molecule has 250 valence electrons. The molecule has 48 heavy (non-hydrogen) atoms. The van der Waals surface area contributed by atoms with Gasteiger partial charge >= 0.3 is 0 Å². The van der Waals surface area contributed by atoms with Gasteiger partial charge in [-0.15, -0.1) is 11.3 Å². The third-order valence-electron chi connectivity index (χ3n) is 10.9. The Labute approximate surface area is 283 Å². The average Bonchev–Trinajstić information content (AvgIpc) is 3.92. The highest BCUT2D eigenvalue weighted by molar-refractivity contribution is 7.16. The Morgan fingerprint density at radius 1 is 1.15 bits per heavy atom. The number of thiophene rings is 1. The van der Waals surface area contributed by atoms with Crippen molar-refractivity contribution < 1.29 is 14.1 Å². The molecule has 2 fully saturated rings. The van der Waals surface area contributed by atoms with Gasteiger partial charge in [-0.25, -0.2) is 9.67 Å². The maximum Gasteiger partial charge on any atom is 0.274 e. The predicted octanol–water partition coefficient (Wildman–Crippen LogP) is 5.28. The lowest BCUT2D eigenvalue weighted by atomic mass is 9.66. The molecule has 4 aliphatic rings. The van der Waals surface area contributed by atoms with Crippen LogP contribution in [0.1, 0.15) is 103 Å². The number of ether oxygens (including phenoxy) is 1. The summed E-state index contributed by atoms with van der Waals surface area (Å²) in [5.74, 6) is 2.03. The standard InChI is InChI=1S/C35H41N9O3S/c1-21(25-10-8-15-42(25)2)46-28-19-27(44-18-12-24(40-44)34(45)43-16-5-6-17-43)38-33(39-28)30-22-9-3-4-13-35(31(22)47-41-30)14-7-11-26-29(35)23(20-36)32(37)48-26/h12,18-19,21,25H,3-11,13-17,37H2,1-2H3/t21-,25-,35-/m0/s1. The molecule has 3 atom stereocenters. The Bertz CT molecular complexity index is 1900. The van der Waals surface area contributed by atoms with Crippen molar-refractivity contribution in [2.24, 2.45) is 0 Å². The fourth-order valence-corrected chi connectivity index (χ4v) is 9.68. The number of likely N-dealkylation sites (tertiary alicyclic amines) is 2. The number of nitrogens with two attached hydrogens (primary N) is 1. The van der Waals surface area contributed by atoms with Gasteiger partial charge in [-0.1, -0.05) is 11.6 Å². The van der Waals surface area contributed by atoms with Crippen LogP contribution in [0, 0.1) is 11.3 Å². The normalized spacial score (nSPS) is 23.1. The molecule has 6 heterocycles. The van der Waals surface area contributed by atoms with Crippen molar-refractivity contribution in [3.8, 4) is 29.3 Å². The second-order valence-corrected chi connectivity index (χ2v) is 14.9. The summed E-state index contributed by atoms with van der Waals surface area (Å²) in [5, 5.41) is 20.1. The number of aromatic nitrogens is 5. The van der Waals surface area contributed by atoms with E-state index < -0.39 is 5.41 Å². The van der Waals surface area contributed by atoms with Gasteiger partial charge in [0, 0.05) is 41.8 Å². The number of hydrogen-bond acceptors (Lipinski definition) is 11. The Hall–Kier alpha value is -4.28. The number of rotatable bonds is 6. The van der Waals surface area contributed by atoms with Gasteiger partial charge in [-0.3, -0.25) is 9.69 Å². The molecule has 13 heteroatoms. The lowest BCUT2D eigenvalue weighted by molar-refractivity contribution is 0.0786. The van der Waals surface area contributed by atoms with Gasteiger partial charge in [0.25, 0.3) is 5.91 Å². The lowest BCUT2D eigenvalue weighted by Gasteiger charge is -2.35. The number of nitriles is 1. The molecular formula is C35H41N9O3S. The molecule has 4 aromatic rings. The second kappa shape index (κ2) is 12.3. The SMILES string of the molecule is C[C@H](Oc1cc(-n2ccc(C(=O)N3CCCC3)n2)nc(-c2noc3c2CCCC[C@@]32CCCc3sc(N)c(C#N)c32)n1)[C@@H]1CCCN1C. The van der Waals surface area contributed by atoms with Gasteiger partial charge in [-0.05, 0) is 96.4 Å². The summed E-state index contributed by atoms with van der Waals surface area (Å²) in [6.07, 6.45) is 12.2. The minimum atomic E-state index is -0.463. The van der Waals surface area contributed by atoms with E-state index in [0.29, 0.717) is 39.5 Å². The molecule has 0 bridgehead atoms. The molecule has 2 N–H and O–H groups in total. The van der Waals surface area contributed by atoms with E-state index in [-0.39, 0.29) is 18.1 Å². The van der Waals surface area contributed by atoms with Crippen molar-refractivity contribution in [2.75, 3.05) is 32.4 Å². The quantitative estimate of drug-likeness (QED) is 0.288. The third kappa shape index (κ3) is 5.17. The van der Waals surface area contributed by atoms with Gasteiger partial charge in [-0.2, -0.15) is 15.3 Å². The summed E-state index contributed by atoms with van der Waals surface area (Å²) in [4.78, 5) is 28.4. The number of nitrogen functional groups attached to an aromatic ring is 1. The molecule has 0 unspecified atom stereocenters. The van der Waals surface area contributed by atoms with Gasteiger partial charge in [0.15, 0.2) is 28.8 Å². The Kier molecular flexibility index (Phi) is 7.95. The third-order valence-corrected chi connectivity index (χ3v) is 12.0. The zero-order chi connectivity index (χ0) is 33.0. The zero-order valence-electron chi connectivity index (χ0n) is 27.6. The summed E-state index contributed by atoms with van der Waals surface area (Å²) >= 11 is 1.53. The summed E-state index contributed by atoms with van der Waals surface area (Å²) in [6.45, 7) is 4.63. The first-order valence-corrected chi connectivity index (χ1v) is 18.1. The van der Waals surface area contributed by atoms with Gasteiger partial charge < -0.3 is 19.9 Å². The fraction of sp³-hybridized carbons (Fsp3) is 0.543. The van der Waals surface area contributed by atoms with Crippen molar-refractivity contribution in [3.05, 3.63) is 51.4 Å². The predicted molar refractivity (Wildman–Crippen MR) is 180 cm³/mol. The topological polar surface area (TPSA) is 152 Å². The van der Waals surface area contributed by atoms with Crippen molar-refractivity contribution in [1.29, 1.82) is 5.26 Å². The van der Waals surface area contributed by atoms with Crippen molar-refractivity contribution in [2.45, 2.75) is 95.1 Å². The molecule has 2 aliphatic heterocycles. The zero-order valence-corrected chi connectivity index (χ0v) is 28.4. The average molecular weight is 668 g/mol. The molecule has 1 amide bonds. The highest BCUT2D eigenvalue weighted by Crippen LogP contribution is 2.54. The van der Waals surface area contributed by atoms with Gasteiger partial charge in [0.2, 0.25) is 5.88 Å². The highest BCUT2D eigenvalue weighted by Gasteiger charge is 2.48. The Morgan fingerprint density at radius 3 is 2.77 bits per heavy atom. The van der Waals surface area contributed by atoms with Crippen LogP contribution in [-0.4, -0.2) is 79.4 Å². The van der Waals surface area contributed by atoms with Gasteiger partial charge in [0.05, 0.1) is 11.0 Å². The molecule has 0 radical (unpaired) electrons. The number of hydrogen-bond donors (Lipinski definition) is 1. The summed E-state index contributed by atoms with van der Waals surface area (Å²) in [6, 6.07) is 6.21. The Balaban J connectivity index is 1.22. The van der Waals surface area contributed by atoms with Crippen LogP contribution in [0.4, 0.5) is 5.00 Å². The molecule has 2 saturated heterocycles. The molecule has 0 aromatic carbocycles. The largest absolute Gasteiger partial charge is 0.473 e. The van der Waals surface area contributed by atoms with E-state index in [0.717, 1.165) is 107 Å². The maximum absolute atomic E-state index is 13.1. The molecule has 2 aliphatic carbocycles. The second-order valence-electron chi connectivity index (χ2n) is 13.8. The monoisotopic (exact) mass is 667 g/mol. The van der Waals surface area contributed by atoms with E-state index in [1.807, 2.05) is 4.90 Å². The Morgan fingerprint density at radius 2 is 1.98 bits per heavy atom. The number of fused-ring (bicyclic) bond motifs is 4. The molecule has 12 nitrogen and oxygen atoms in total. The van der Waals surface area contributed by atoms with Gasteiger partial charge in [0.1, 0.15) is 17.2 Å². The minimum Gasteiger partial charge on any atom is -0.473 e. The summed E-state index contributed by atoms with van der Waals surface area (Å²) < 4.78 is 14.5. The van der Waals surface area contributed by atoms with E-state index in [1.54, 1.807) is 23.0 Å². The van der Waals surface area contributed by atoms with Crippen LogP contribution in [0.3, 0.4) is 0 Å². The smallest absolute Gasteiger partial charge is 0.274 e. The lowest BCUT2D eigenvalue weighted by Crippen LogP contribution is -2.38. The van der Waals surface area contributed by atoms with E-state index in [2.05, 4.69) is 35.2 Å². The summed E-state index contributed by atoms with van der Waals surface area (Å²) in [7, 11) is 2.13. The van der Waals surface area contributed by atoms with E-state index in [9.17, 15) is 10.1 Å². The van der Waals surface area contributed by atoms with Crippen LogP contribution in [-0.2, 0) is 18.3 Å². The van der Waals surface area contributed by atoms with E-state index in [1.165, 1.54) is 16.2 Å². The maximum atomic E-state index is 13.1. The molecule has 8 rings (SSSR count). The molecule has 4 aromatic heterocycles. The first-order chi connectivity index (χ1) is 23.4. The first kappa shape index (κ1) is 31.0. The van der Waals surface area contributed by atoms with Crippen LogP contribution >= 0.6 is 11.3 Å². The van der Waals surface area contributed by atoms with Crippen LogP contribution in [0.2, 0.25) is 0 Å². The number of aryl methyl sites for hydroxylation is 1. The number of nitrogens with zero attached hydrogens (tertiary/aromatic N) is 8. The minimum absolute atomic E-state index is 0.0697. The molecule has 0 saturated carbocycles. The number of amides is 1. The van der Waals surface area contributed by atoms with E-state index >= 15 is 0 Å². The van der Waals surface area contributed by atoms with Crippen LogP contribution in [0.15, 0.2) is 22.9 Å². The van der Waals surface area contributed by atoms with Crippen LogP contribution < -0.4 is 10.5 Å². The number of carbonyl (C=O) groups excluding carboxylic acids is 1. The number of carbonyl (C=O) groups is 1. The van der Waals surface area contributed by atoms with E-state index in [4.69, 9.17) is 25.0 Å². The first-order valence-electron chi connectivity index (χ1n) is 17.3. The highest BCUT2D eigenvalue weighted by atomic mass is 32.1. The van der Waals surface area contributed by atoms with Crippen LogP contribution in [0.25, 0.3) is 17.3 Å². The van der Waals surface area contributed by atoms with Crippen molar-refractivity contribution >= 4 is 22.2 Å². The molecule has 1 spiro atoms. The number of likely N-dealkylation sites (N-methyl/N-ethyl adjacent to an activating group) is 1. The van der Waals surface area contributed by atoms with Crippen molar-refractivity contribution in [1.82, 2.24) is 34.7 Å². The summed E-state index contributed by atoms with van der Waals surface area (Å²) in [5.41, 5.74) is 9.49. The molecular weight excluding hydrogens is 627 g/mol. The number of anilines is 1. The van der Waals surface area contributed by atoms with Crippen LogP contribution in [0.5, 0.6) is 5.88 Å².